The molecular formula is C12H11FNS. The van der Waals surface area contributed by atoms with Crippen molar-refractivity contribution in [2.75, 3.05) is 0 Å². The first-order chi connectivity index (χ1) is 7.16. The van der Waals surface area contributed by atoms with Crippen molar-refractivity contribution < 1.29 is 4.39 Å². The van der Waals surface area contributed by atoms with Crippen LogP contribution in [0.3, 0.4) is 0 Å². The lowest BCUT2D eigenvalue weighted by Gasteiger charge is -1.97. The van der Waals surface area contributed by atoms with Crippen LogP contribution in [0.15, 0.2) is 29.6 Å². The van der Waals surface area contributed by atoms with Crippen molar-refractivity contribution in [2.45, 2.75) is 13.8 Å². The van der Waals surface area contributed by atoms with E-state index in [9.17, 15) is 4.39 Å². The lowest BCUT2D eigenvalue weighted by atomic mass is 10.1. The fourth-order valence-corrected chi connectivity index (χ4v) is 2.16. The lowest BCUT2D eigenvalue weighted by molar-refractivity contribution is 0.628. The molecule has 0 spiro atoms. The fraction of sp³-hybridized carbons (Fsp3) is 0.167. The average Bonchev–Trinajstić information content (AvgIpc) is 2.68. The Morgan fingerprint density at radius 2 is 1.87 bits per heavy atom. The number of rotatable bonds is 2. The minimum atomic E-state index is -0.214. The van der Waals surface area contributed by atoms with Crippen LogP contribution in [-0.2, 0) is 0 Å². The maximum atomic E-state index is 12.7. The third-order valence-corrected chi connectivity index (χ3v) is 3.00. The molecule has 0 amide bonds. The summed E-state index contributed by atoms with van der Waals surface area (Å²) in [6.45, 7) is 4.06. The van der Waals surface area contributed by atoms with E-state index in [-0.39, 0.29) is 5.82 Å². The van der Waals surface area contributed by atoms with Gasteiger partial charge >= 0.3 is 0 Å². The number of benzene rings is 1. The van der Waals surface area contributed by atoms with E-state index >= 15 is 0 Å². The molecule has 77 valence electrons. The minimum absolute atomic E-state index is 0.214. The Labute approximate surface area is 92.6 Å². The van der Waals surface area contributed by atoms with E-state index in [4.69, 9.17) is 0 Å². The molecule has 0 aliphatic carbocycles. The molecular weight excluding hydrogens is 209 g/mol. The smallest absolute Gasteiger partial charge is 0.123 e. The van der Waals surface area contributed by atoms with Crippen LogP contribution in [-0.4, -0.2) is 4.98 Å². The van der Waals surface area contributed by atoms with Crippen LogP contribution in [0.1, 0.15) is 19.5 Å². The molecule has 0 atom stereocenters. The maximum Gasteiger partial charge on any atom is 0.123 e. The summed E-state index contributed by atoms with van der Waals surface area (Å²) in [4.78, 5) is 4.47. The highest BCUT2D eigenvalue weighted by atomic mass is 32.1. The summed E-state index contributed by atoms with van der Waals surface area (Å²) in [5.74, 6) is 0.980. The van der Waals surface area contributed by atoms with Gasteiger partial charge in [-0.2, -0.15) is 0 Å². The van der Waals surface area contributed by atoms with Gasteiger partial charge in [0.15, 0.2) is 0 Å². The summed E-state index contributed by atoms with van der Waals surface area (Å²) in [7, 11) is 0. The first kappa shape index (κ1) is 10.3. The van der Waals surface area contributed by atoms with Gasteiger partial charge < -0.3 is 0 Å². The molecule has 0 bridgehead atoms. The van der Waals surface area contributed by atoms with E-state index in [2.05, 4.69) is 4.98 Å². The monoisotopic (exact) mass is 220 g/mol. The second-order valence-electron chi connectivity index (χ2n) is 3.54. The summed E-state index contributed by atoms with van der Waals surface area (Å²) < 4.78 is 12.7. The first-order valence-corrected chi connectivity index (χ1v) is 5.57. The zero-order valence-electron chi connectivity index (χ0n) is 8.62. The van der Waals surface area contributed by atoms with Gasteiger partial charge in [-0.1, -0.05) is 13.8 Å². The molecule has 0 N–H and O–H groups in total. The minimum Gasteiger partial charge on any atom is -0.241 e. The molecule has 0 aliphatic heterocycles. The summed E-state index contributed by atoms with van der Waals surface area (Å²) >= 11 is 1.58. The molecule has 0 saturated carbocycles. The predicted octanol–water partition coefficient (Wildman–Crippen LogP) is 3.91. The van der Waals surface area contributed by atoms with Gasteiger partial charge in [0.25, 0.3) is 0 Å². The molecule has 0 unspecified atom stereocenters. The molecule has 1 radical (unpaired) electrons. The average molecular weight is 220 g/mol. The van der Waals surface area contributed by atoms with E-state index in [1.165, 1.54) is 18.1 Å². The van der Waals surface area contributed by atoms with Gasteiger partial charge in [-0.15, -0.1) is 11.3 Å². The van der Waals surface area contributed by atoms with Gasteiger partial charge in [0.2, 0.25) is 0 Å². The van der Waals surface area contributed by atoms with Crippen molar-refractivity contribution in [3.05, 3.63) is 47.1 Å². The van der Waals surface area contributed by atoms with E-state index in [1.54, 1.807) is 23.5 Å². The topological polar surface area (TPSA) is 12.9 Å². The predicted molar refractivity (Wildman–Crippen MR) is 61.2 cm³/mol. The molecule has 1 nitrogen and oxygen atoms in total. The van der Waals surface area contributed by atoms with Crippen molar-refractivity contribution in [1.29, 1.82) is 0 Å². The summed E-state index contributed by atoms with van der Waals surface area (Å²) in [6.07, 6.45) is 0. The zero-order valence-corrected chi connectivity index (χ0v) is 9.44. The molecule has 1 heterocycles. The van der Waals surface area contributed by atoms with Crippen LogP contribution in [0.2, 0.25) is 0 Å². The molecule has 2 rings (SSSR count). The molecule has 1 aromatic heterocycles. The Balaban J connectivity index is 2.33. The summed E-state index contributed by atoms with van der Waals surface area (Å²) in [5, 5.41) is 2.96. The van der Waals surface area contributed by atoms with Crippen molar-refractivity contribution in [2.24, 2.45) is 0 Å². The zero-order chi connectivity index (χ0) is 10.8. The first-order valence-electron chi connectivity index (χ1n) is 4.69. The number of thiazole rings is 1. The normalized spacial score (nSPS) is 10.9. The van der Waals surface area contributed by atoms with E-state index in [0.717, 1.165) is 16.3 Å². The Kier molecular flexibility index (Phi) is 2.82. The van der Waals surface area contributed by atoms with Crippen LogP contribution in [0.5, 0.6) is 0 Å². The van der Waals surface area contributed by atoms with Crippen LogP contribution in [0, 0.1) is 11.7 Å². The quantitative estimate of drug-likeness (QED) is 0.747. The highest BCUT2D eigenvalue weighted by Crippen LogP contribution is 2.26. The van der Waals surface area contributed by atoms with Gasteiger partial charge in [-0.3, -0.25) is 0 Å². The number of aromatic nitrogens is 1. The molecule has 1 aromatic carbocycles. The van der Waals surface area contributed by atoms with Gasteiger partial charge in [-0.25, -0.2) is 9.37 Å². The van der Waals surface area contributed by atoms with E-state index in [1.807, 2.05) is 19.2 Å². The molecule has 15 heavy (non-hydrogen) atoms. The SMILES string of the molecule is C[C](C)c1csc(-c2ccc(F)cc2)n1. The maximum absolute atomic E-state index is 12.7. The number of hydrogen-bond acceptors (Lipinski definition) is 2. The lowest BCUT2D eigenvalue weighted by Crippen LogP contribution is -1.87. The molecule has 0 fully saturated rings. The van der Waals surface area contributed by atoms with Gasteiger partial charge in [0.1, 0.15) is 10.8 Å². The second-order valence-corrected chi connectivity index (χ2v) is 4.40. The second kappa shape index (κ2) is 4.11. The van der Waals surface area contributed by atoms with E-state index in [0.29, 0.717) is 0 Å². The Morgan fingerprint density at radius 3 is 2.40 bits per heavy atom. The van der Waals surface area contributed by atoms with E-state index < -0.39 is 0 Å². The van der Waals surface area contributed by atoms with Crippen LogP contribution < -0.4 is 0 Å². The van der Waals surface area contributed by atoms with Crippen molar-refractivity contribution in [1.82, 2.24) is 4.98 Å². The third kappa shape index (κ3) is 2.23. The van der Waals surface area contributed by atoms with Gasteiger partial charge in [-0.05, 0) is 24.3 Å². The number of hydrogen-bond donors (Lipinski definition) is 0. The fourth-order valence-electron chi connectivity index (χ4n) is 1.23. The van der Waals surface area contributed by atoms with Crippen molar-refractivity contribution >= 4 is 11.3 Å². The van der Waals surface area contributed by atoms with Crippen LogP contribution in [0.25, 0.3) is 10.6 Å². The molecule has 3 heteroatoms. The highest BCUT2D eigenvalue weighted by molar-refractivity contribution is 7.13. The number of halogens is 1. The van der Waals surface area contributed by atoms with Crippen LogP contribution >= 0.6 is 11.3 Å². The summed E-state index contributed by atoms with van der Waals surface area (Å²) in [6, 6.07) is 6.42. The third-order valence-electron chi connectivity index (χ3n) is 2.11. The van der Waals surface area contributed by atoms with Gasteiger partial charge in [0, 0.05) is 16.9 Å². The molecule has 0 aliphatic rings. The molecule has 2 aromatic rings. The number of nitrogens with zero attached hydrogens (tertiary/aromatic N) is 1. The molecule has 0 saturated heterocycles. The Hall–Kier alpha value is -1.22. The Morgan fingerprint density at radius 1 is 1.20 bits per heavy atom. The van der Waals surface area contributed by atoms with Crippen molar-refractivity contribution in [3.8, 4) is 10.6 Å². The van der Waals surface area contributed by atoms with Crippen LogP contribution in [0.4, 0.5) is 4.39 Å². The van der Waals surface area contributed by atoms with Crippen molar-refractivity contribution in [3.63, 3.8) is 0 Å². The highest BCUT2D eigenvalue weighted by Gasteiger charge is 2.07. The van der Waals surface area contributed by atoms with Gasteiger partial charge in [0.05, 0.1) is 5.69 Å². The standard InChI is InChI=1S/C12H11FNS/c1-8(2)11-7-15-12(14-11)9-3-5-10(13)6-4-9/h3-7H,1-2H3. The summed E-state index contributed by atoms with van der Waals surface area (Å²) in [5.41, 5.74) is 1.98. The largest absolute Gasteiger partial charge is 0.241 e. The Bertz CT molecular complexity index is 445.